The minimum absolute atomic E-state index is 0.0870. The van der Waals surface area contributed by atoms with E-state index in [2.05, 4.69) is 20.4 Å². The fraction of sp³-hybridized carbons (Fsp3) is 0.100. The van der Waals surface area contributed by atoms with Gasteiger partial charge in [-0.1, -0.05) is 23.7 Å². The fourth-order valence-electron chi connectivity index (χ4n) is 2.78. The average molecular weight is 410 g/mol. The van der Waals surface area contributed by atoms with Gasteiger partial charge in [0.2, 0.25) is 5.89 Å². The van der Waals surface area contributed by atoms with Gasteiger partial charge in [-0.05, 0) is 43.3 Å². The van der Waals surface area contributed by atoms with Crippen molar-refractivity contribution in [2.24, 2.45) is 5.73 Å². The molecule has 1 amide bonds. The standard InChI is InChI=1S/C20H16ClN5O3/c1-11-16(23-20(29-11)14-4-2-3-5-15(14)21)10-28-13-8-6-12(7-9-13)17-18(19(22)27)25-26-24-17/h2-9H,10H2,1H3,(H2,22,27)(H,24,25,26). The van der Waals surface area contributed by atoms with E-state index in [1.165, 1.54) is 0 Å². The van der Waals surface area contributed by atoms with Crippen LogP contribution in [0.25, 0.3) is 22.7 Å². The summed E-state index contributed by atoms with van der Waals surface area (Å²) in [5.74, 6) is 1.08. The molecule has 0 aliphatic heterocycles. The number of benzene rings is 2. The molecular formula is C20H16ClN5O3. The highest BCUT2D eigenvalue weighted by molar-refractivity contribution is 6.33. The number of H-pyrrole nitrogens is 1. The molecule has 0 radical (unpaired) electrons. The van der Waals surface area contributed by atoms with Crippen LogP contribution in [0.4, 0.5) is 0 Å². The number of amides is 1. The number of carbonyl (C=O) groups is 1. The van der Waals surface area contributed by atoms with Gasteiger partial charge in [0, 0.05) is 5.56 Å². The lowest BCUT2D eigenvalue weighted by Crippen LogP contribution is -2.12. The Balaban J connectivity index is 1.48. The molecule has 0 saturated heterocycles. The van der Waals surface area contributed by atoms with Crippen LogP contribution in [-0.2, 0) is 6.61 Å². The third-order valence-electron chi connectivity index (χ3n) is 4.28. The lowest BCUT2D eigenvalue weighted by Gasteiger charge is -2.05. The van der Waals surface area contributed by atoms with E-state index in [9.17, 15) is 4.79 Å². The SMILES string of the molecule is Cc1oc(-c2ccccc2Cl)nc1COc1ccc(-c2n[nH]nc2C(N)=O)cc1. The van der Waals surface area contributed by atoms with Gasteiger partial charge in [0.1, 0.15) is 29.5 Å². The molecule has 3 N–H and O–H groups in total. The molecule has 9 heteroatoms. The van der Waals surface area contributed by atoms with Gasteiger partial charge in [-0.2, -0.15) is 15.4 Å². The lowest BCUT2D eigenvalue weighted by molar-refractivity contribution is 0.0996. The van der Waals surface area contributed by atoms with Crippen LogP contribution in [0.5, 0.6) is 5.75 Å². The van der Waals surface area contributed by atoms with E-state index in [1.807, 2.05) is 25.1 Å². The molecule has 0 spiro atoms. The lowest BCUT2D eigenvalue weighted by atomic mass is 10.1. The van der Waals surface area contributed by atoms with Crippen LogP contribution >= 0.6 is 11.6 Å². The van der Waals surface area contributed by atoms with Gasteiger partial charge in [0.15, 0.2) is 5.69 Å². The van der Waals surface area contributed by atoms with E-state index in [0.717, 1.165) is 5.56 Å². The van der Waals surface area contributed by atoms with Gasteiger partial charge in [-0.3, -0.25) is 4.79 Å². The van der Waals surface area contributed by atoms with Crippen LogP contribution < -0.4 is 10.5 Å². The van der Waals surface area contributed by atoms with Crippen LogP contribution in [0, 0.1) is 6.92 Å². The van der Waals surface area contributed by atoms with Gasteiger partial charge >= 0.3 is 0 Å². The minimum atomic E-state index is -0.648. The Morgan fingerprint density at radius 3 is 2.66 bits per heavy atom. The summed E-state index contributed by atoms with van der Waals surface area (Å²) in [6.45, 7) is 2.06. The number of nitrogens with two attached hydrogens (primary N) is 1. The molecule has 4 aromatic rings. The number of nitrogens with one attached hydrogen (secondary N) is 1. The summed E-state index contributed by atoms with van der Waals surface area (Å²) in [7, 11) is 0. The second-order valence-corrected chi connectivity index (χ2v) is 6.61. The summed E-state index contributed by atoms with van der Waals surface area (Å²) in [5.41, 5.74) is 7.87. The largest absolute Gasteiger partial charge is 0.487 e. The van der Waals surface area contributed by atoms with Crippen LogP contribution in [-0.4, -0.2) is 26.3 Å². The molecule has 2 aromatic carbocycles. The number of aromatic nitrogens is 4. The Kier molecular flexibility index (Phi) is 5.01. The molecule has 146 valence electrons. The maximum Gasteiger partial charge on any atom is 0.271 e. The first-order valence-electron chi connectivity index (χ1n) is 8.68. The molecule has 0 fully saturated rings. The first-order chi connectivity index (χ1) is 14.0. The zero-order chi connectivity index (χ0) is 20.4. The summed E-state index contributed by atoms with van der Waals surface area (Å²) >= 11 is 6.21. The maximum absolute atomic E-state index is 11.4. The zero-order valence-corrected chi connectivity index (χ0v) is 16.1. The van der Waals surface area contributed by atoms with E-state index in [4.69, 9.17) is 26.5 Å². The van der Waals surface area contributed by atoms with E-state index < -0.39 is 5.91 Å². The monoisotopic (exact) mass is 409 g/mol. The summed E-state index contributed by atoms with van der Waals surface area (Å²) in [6.07, 6.45) is 0. The van der Waals surface area contributed by atoms with E-state index in [-0.39, 0.29) is 12.3 Å². The zero-order valence-electron chi connectivity index (χ0n) is 15.3. The highest BCUT2D eigenvalue weighted by Crippen LogP contribution is 2.29. The van der Waals surface area contributed by atoms with E-state index in [1.54, 1.807) is 30.3 Å². The Morgan fingerprint density at radius 1 is 1.17 bits per heavy atom. The summed E-state index contributed by atoms with van der Waals surface area (Å²) in [6, 6.07) is 14.4. The number of rotatable bonds is 6. The molecule has 8 nitrogen and oxygen atoms in total. The molecule has 0 bridgehead atoms. The third kappa shape index (κ3) is 3.83. The molecule has 0 unspecified atom stereocenters. The van der Waals surface area contributed by atoms with E-state index >= 15 is 0 Å². The number of primary amides is 1. The van der Waals surface area contributed by atoms with Gasteiger partial charge in [0.25, 0.3) is 5.91 Å². The van der Waals surface area contributed by atoms with Crippen molar-refractivity contribution in [2.45, 2.75) is 13.5 Å². The van der Waals surface area contributed by atoms with Crippen molar-refractivity contribution in [3.8, 4) is 28.5 Å². The second-order valence-electron chi connectivity index (χ2n) is 6.20. The Hall–Kier alpha value is -3.65. The molecule has 0 aliphatic carbocycles. The number of aromatic amines is 1. The van der Waals surface area contributed by atoms with Crippen LogP contribution in [0.2, 0.25) is 5.02 Å². The van der Waals surface area contributed by atoms with Crippen molar-refractivity contribution in [2.75, 3.05) is 0 Å². The molecule has 0 aliphatic rings. The second kappa shape index (κ2) is 7.76. The Morgan fingerprint density at radius 2 is 1.93 bits per heavy atom. The average Bonchev–Trinajstić information content (AvgIpc) is 3.34. The summed E-state index contributed by atoms with van der Waals surface area (Å²) in [4.78, 5) is 15.9. The van der Waals surface area contributed by atoms with Gasteiger partial charge in [-0.25, -0.2) is 4.98 Å². The quantitative estimate of drug-likeness (QED) is 0.500. The van der Waals surface area contributed by atoms with E-state index in [0.29, 0.717) is 39.4 Å². The molecule has 2 aromatic heterocycles. The number of halogens is 1. The van der Waals surface area contributed by atoms with Crippen LogP contribution in [0.3, 0.4) is 0 Å². The topological polar surface area (TPSA) is 120 Å². The number of oxazole rings is 1. The third-order valence-corrected chi connectivity index (χ3v) is 4.61. The molecule has 29 heavy (non-hydrogen) atoms. The van der Waals surface area contributed by atoms with Crippen LogP contribution in [0.1, 0.15) is 21.9 Å². The number of hydrogen-bond donors (Lipinski definition) is 2. The van der Waals surface area contributed by atoms with Gasteiger partial charge < -0.3 is 14.9 Å². The molecule has 4 rings (SSSR count). The predicted octanol–water partition coefficient (Wildman–Crippen LogP) is 3.77. The highest BCUT2D eigenvalue weighted by Gasteiger charge is 2.16. The first-order valence-corrected chi connectivity index (χ1v) is 9.05. The highest BCUT2D eigenvalue weighted by atomic mass is 35.5. The minimum Gasteiger partial charge on any atom is -0.487 e. The summed E-state index contributed by atoms with van der Waals surface area (Å²) in [5, 5.41) is 10.7. The first kappa shape index (κ1) is 18.7. The molecule has 0 atom stereocenters. The van der Waals surface area contributed by atoms with Gasteiger partial charge in [0.05, 0.1) is 10.6 Å². The maximum atomic E-state index is 11.4. The van der Waals surface area contributed by atoms with Crippen LogP contribution in [0.15, 0.2) is 52.9 Å². The normalized spacial score (nSPS) is 10.8. The number of hydrogen-bond acceptors (Lipinski definition) is 6. The smallest absolute Gasteiger partial charge is 0.271 e. The molecule has 2 heterocycles. The van der Waals surface area contributed by atoms with Gasteiger partial charge in [-0.15, -0.1) is 0 Å². The molecule has 0 saturated carbocycles. The van der Waals surface area contributed by atoms with Crippen molar-refractivity contribution in [3.05, 3.63) is 70.7 Å². The molecular weight excluding hydrogens is 394 g/mol. The van der Waals surface area contributed by atoms with Crippen molar-refractivity contribution in [1.29, 1.82) is 0 Å². The predicted molar refractivity (Wildman–Crippen MR) is 106 cm³/mol. The fourth-order valence-corrected chi connectivity index (χ4v) is 2.99. The number of ether oxygens (including phenoxy) is 1. The van der Waals surface area contributed by atoms with Crippen molar-refractivity contribution in [1.82, 2.24) is 20.4 Å². The Labute approximate surface area is 170 Å². The van der Waals surface area contributed by atoms with Crippen molar-refractivity contribution in [3.63, 3.8) is 0 Å². The number of aryl methyl sites for hydroxylation is 1. The Bertz CT molecular complexity index is 1170. The van der Waals surface area contributed by atoms with Crippen molar-refractivity contribution >= 4 is 17.5 Å². The number of carbonyl (C=O) groups excluding carboxylic acids is 1. The van der Waals surface area contributed by atoms with Crippen molar-refractivity contribution < 1.29 is 13.9 Å². The summed E-state index contributed by atoms with van der Waals surface area (Å²) < 4.78 is 11.5. The number of nitrogens with zero attached hydrogens (tertiary/aromatic N) is 3.